The average Bonchev–Trinajstić information content (AvgIpc) is 2.95. The number of anilines is 3. The number of piperazine rings is 1. The third-order valence-electron chi connectivity index (χ3n) is 7.02. The Morgan fingerprint density at radius 2 is 1.55 bits per heavy atom. The number of hydrogen-bond donors (Lipinski definition) is 1. The van der Waals surface area contributed by atoms with Crippen molar-refractivity contribution in [2.75, 3.05) is 43.4 Å². The Balaban J connectivity index is 1.38. The van der Waals surface area contributed by atoms with Gasteiger partial charge in [0.1, 0.15) is 11.2 Å². The van der Waals surface area contributed by atoms with Crippen molar-refractivity contribution in [3.8, 4) is 16.9 Å². The Bertz CT molecular complexity index is 1640. The van der Waals surface area contributed by atoms with Gasteiger partial charge in [0.25, 0.3) is 5.56 Å². The number of aromatic nitrogens is 4. The minimum Gasteiger partial charge on any atom is -0.369 e. The Kier molecular flexibility index (Phi) is 6.31. The van der Waals surface area contributed by atoms with Crippen LogP contribution in [0.15, 0.2) is 89.9 Å². The van der Waals surface area contributed by atoms with Gasteiger partial charge < -0.3 is 15.1 Å². The summed E-state index contributed by atoms with van der Waals surface area (Å²) in [5, 5.41) is 8.51. The number of likely N-dealkylation sites (N-methyl/N-ethyl adjacent to an activating group) is 1. The highest BCUT2D eigenvalue weighted by Gasteiger charge is 2.18. The van der Waals surface area contributed by atoms with E-state index in [4.69, 9.17) is 10.1 Å². The highest BCUT2D eigenvalue weighted by molar-refractivity contribution is 5.91. The molecule has 0 bridgehead atoms. The minimum atomic E-state index is -0.253. The molecule has 0 atom stereocenters. The van der Waals surface area contributed by atoms with E-state index in [9.17, 15) is 4.79 Å². The predicted molar refractivity (Wildman–Crippen MR) is 153 cm³/mol. The van der Waals surface area contributed by atoms with Crippen LogP contribution < -0.4 is 15.8 Å². The number of nitrogens with one attached hydrogen (secondary N) is 1. The number of para-hydroxylation sites is 1. The van der Waals surface area contributed by atoms with Crippen molar-refractivity contribution in [3.63, 3.8) is 0 Å². The second kappa shape index (κ2) is 10.1. The summed E-state index contributed by atoms with van der Waals surface area (Å²) in [4.78, 5) is 27.5. The zero-order chi connectivity index (χ0) is 26.1. The van der Waals surface area contributed by atoms with Gasteiger partial charge in [0, 0.05) is 49.3 Å². The van der Waals surface area contributed by atoms with Crippen molar-refractivity contribution in [1.82, 2.24) is 24.6 Å². The van der Waals surface area contributed by atoms with Crippen LogP contribution in [0.3, 0.4) is 0 Å². The molecule has 0 amide bonds. The maximum Gasteiger partial charge on any atom is 0.282 e. The highest BCUT2D eigenvalue weighted by Crippen LogP contribution is 2.26. The molecular weight excluding hydrogens is 474 g/mol. The van der Waals surface area contributed by atoms with Gasteiger partial charge in [0.2, 0.25) is 5.95 Å². The second-order valence-corrected chi connectivity index (χ2v) is 9.64. The largest absolute Gasteiger partial charge is 0.369 e. The average molecular weight is 504 g/mol. The van der Waals surface area contributed by atoms with E-state index in [1.165, 1.54) is 10.4 Å². The van der Waals surface area contributed by atoms with Crippen LogP contribution in [-0.4, -0.2) is 57.9 Å². The molecule has 1 aliphatic heterocycles. The van der Waals surface area contributed by atoms with E-state index in [2.05, 4.69) is 39.3 Å². The first-order valence-electron chi connectivity index (χ1n) is 12.8. The van der Waals surface area contributed by atoms with Crippen LogP contribution in [0.5, 0.6) is 0 Å². The molecule has 38 heavy (non-hydrogen) atoms. The molecule has 2 aromatic heterocycles. The molecule has 1 N–H and O–H groups in total. The molecule has 1 aliphatic rings. The van der Waals surface area contributed by atoms with Crippen molar-refractivity contribution in [2.24, 2.45) is 0 Å². The fraction of sp³-hybridized carbons (Fsp3) is 0.200. The summed E-state index contributed by atoms with van der Waals surface area (Å²) in [6, 6.07) is 25.8. The second-order valence-electron chi connectivity index (χ2n) is 9.64. The SMILES string of the molecule is Cc1ccccc1-n1nc(-c2ccccc2)c2nc(Nc3ccc(N4CCN(C)CC4)cc3)ncc2c1=O. The standard InChI is InChI=1S/C30H29N7O/c1-21-8-6-7-11-26(21)37-29(38)25-20-31-30(33-28(25)27(34-37)22-9-4-3-5-10-22)32-23-12-14-24(15-13-23)36-18-16-35(2)17-19-36/h3-15,20H,16-19H2,1-2H3,(H,31,32,33). The van der Waals surface area contributed by atoms with Crippen LogP contribution in [0.25, 0.3) is 27.8 Å². The summed E-state index contributed by atoms with van der Waals surface area (Å²) in [5.41, 5.74) is 5.54. The monoisotopic (exact) mass is 503 g/mol. The van der Waals surface area contributed by atoms with Crippen molar-refractivity contribution in [1.29, 1.82) is 0 Å². The van der Waals surface area contributed by atoms with Crippen molar-refractivity contribution in [3.05, 3.63) is 101 Å². The van der Waals surface area contributed by atoms with Gasteiger partial charge in [-0.25, -0.2) is 9.97 Å². The summed E-state index contributed by atoms with van der Waals surface area (Å²) in [6.07, 6.45) is 1.59. The van der Waals surface area contributed by atoms with Crippen LogP contribution in [0.1, 0.15) is 5.56 Å². The van der Waals surface area contributed by atoms with Crippen LogP contribution in [-0.2, 0) is 0 Å². The molecule has 0 spiro atoms. The molecule has 8 nitrogen and oxygen atoms in total. The molecule has 3 aromatic carbocycles. The third-order valence-corrected chi connectivity index (χ3v) is 7.02. The molecule has 0 unspecified atom stereocenters. The predicted octanol–water partition coefficient (Wildman–Crippen LogP) is 4.65. The molecule has 1 fully saturated rings. The van der Waals surface area contributed by atoms with Gasteiger partial charge in [-0.3, -0.25) is 4.79 Å². The number of benzene rings is 3. The van der Waals surface area contributed by atoms with E-state index in [0.29, 0.717) is 22.5 Å². The summed E-state index contributed by atoms with van der Waals surface area (Å²) in [6.45, 7) is 6.13. The molecule has 5 aromatic rings. The summed E-state index contributed by atoms with van der Waals surface area (Å²) in [5.74, 6) is 0.414. The van der Waals surface area contributed by atoms with Crippen LogP contribution in [0.4, 0.5) is 17.3 Å². The molecule has 8 heteroatoms. The van der Waals surface area contributed by atoms with E-state index in [1.54, 1.807) is 6.20 Å². The molecule has 3 heterocycles. The lowest BCUT2D eigenvalue weighted by Crippen LogP contribution is -2.44. The van der Waals surface area contributed by atoms with Crippen LogP contribution in [0, 0.1) is 6.92 Å². The first kappa shape index (κ1) is 23.8. The normalized spacial score (nSPS) is 14.1. The summed E-state index contributed by atoms with van der Waals surface area (Å²) in [7, 11) is 2.16. The van der Waals surface area contributed by atoms with E-state index in [1.807, 2.05) is 73.7 Å². The minimum absolute atomic E-state index is 0.253. The Hall–Kier alpha value is -4.56. The summed E-state index contributed by atoms with van der Waals surface area (Å²) >= 11 is 0. The van der Waals surface area contributed by atoms with E-state index in [0.717, 1.165) is 48.7 Å². The van der Waals surface area contributed by atoms with Crippen molar-refractivity contribution < 1.29 is 0 Å². The van der Waals surface area contributed by atoms with Crippen LogP contribution in [0.2, 0.25) is 0 Å². The highest BCUT2D eigenvalue weighted by atomic mass is 16.1. The van der Waals surface area contributed by atoms with E-state index >= 15 is 0 Å². The van der Waals surface area contributed by atoms with Gasteiger partial charge in [-0.1, -0.05) is 48.5 Å². The molecule has 6 rings (SSSR count). The van der Waals surface area contributed by atoms with Gasteiger partial charge >= 0.3 is 0 Å². The summed E-state index contributed by atoms with van der Waals surface area (Å²) < 4.78 is 1.45. The van der Waals surface area contributed by atoms with E-state index in [-0.39, 0.29) is 5.56 Å². The van der Waals surface area contributed by atoms with Crippen molar-refractivity contribution in [2.45, 2.75) is 6.92 Å². The van der Waals surface area contributed by atoms with Gasteiger partial charge in [-0.15, -0.1) is 0 Å². The third kappa shape index (κ3) is 4.62. The lowest BCUT2D eigenvalue weighted by molar-refractivity contribution is 0.313. The Labute approximate surface area is 221 Å². The smallest absolute Gasteiger partial charge is 0.282 e. The fourth-order valence-corrected chi connectivity index (χ4v) is 4.79. The molecule has 0 saturated carbocycles. The molecule has 190 valence electrons. The van der Waals surface area contributed by atoms with Gasteiger partial charge in [-0.2, -0.15) is 9.78 Å². The van der Waals surface area contributed by atoms with Gasteiger partial charge in [0.15, 0.2) is 0 Å². The number of aryl methyl sites for hydroxylation is 1. The van der Waals surface area contributed by atoms with E-state index < -0.39 is 0 Å². The number of fused-ring (bicyclic) bond motifs is 1. The zero-order valence-electron chi connectivity index (χ0n) is 21.5. The number of rotatable bonds is 5. The molecule has 1 saturated heterocycles. The number of hydrogen-bond acceptors (Lipinski definition) is 7. The van der Waals surface area contributed by atoms with Crippen molar-refractivity contribution >= 4 is 28.2 Å². The quantitative estimate of drug-likeness (QED) is 0.374. The maximum absolute atomic E-state index is 13.5. The molecular formula is C30H29N7O. The van der Waals surface area contributed by atoms with Gasteiger partial charge in [-0.05, 0) is 49.9 Å². The Morgan fingerprint density at radius 1 is 0.842 bits per heavy atom. The molecule has 0 radical (unpaired) electrons. The van der Waals surface area contributed by atoms with Gasteiger partial charge in [0.05, 0.1) is 11.1 Å². The fourth-order valence-electron chi connectivity index (χ4n) is 4.79. The lowest BCUT2D eigenvalue weighted by Gasteiger charge is -2.34. The lowest BCUT2D eigenvalue weighted by atomic mass is 10.1. The number of nitrogens with zero attached hydrogens (tertiary/aromatic N) is 6. The Morgan fingerprint density at radius 3 is 2.29 bits per heavy atom. The maximum atomic E-state index is 13.5. The zero-order valence-corrected chi connectivity index (χ0v) is 21.5. The van der Waals surface area contributed by atoms with Crippen LogP contribution >= 0.6 is 0 Å². The first-order chi connectivity index (χ1) is 18.6. The topological polar surface area (TPSA) is 79.2 Å². The first-order valence-corrected chi connectivity index (χ1v) is 12.8. The molecule has 0 aliphatic carbocycles.